The Hall–Kier alpha value is -2.37. The van der Waals surface area contributed by atoms with Gasteiger partial charge in [-0.25, -0.2) is 0 Å². The molecule has 1 saturated heterocycles. The van der Waals surface area contributed by atoms with E-state index < -0.39 is 0 Å². The summed E-state index contributed by atoms with van der Waals surface area (Å²) in [6, 6.07) is 11.6. The van der Waals surface area contributed by atoms with Gasteiger partial charge >= 0.3 is 0 Å². The van der Waals surface area contributed by atoms with Crippen molar-refractivity contribution in [2.24, 2.45) is 0 Å². The highest BCUT2D eigenvalue weighted by Crippen LogP contribution is 2.09. The summed E-state index contributed by atoms with van der Waals surface area (Å²) in [5.41, 5.74) is 2.06. The number of quaternary nitrogens is 1. The molecule has 120 valence electrons. The van der Waals surface area contributed by atoms with Crippen LogP contribution in [0.4, 0.5) is 5.69 Å². The molecule has 0 bridgehead atoms. The first kappa shape index (κ1) is 15.5. The lowest BCUT2D eigenvalue weighted by molar-refractivity contribution is -0.921. The van der Waals surface area contributed by atoms with E-state index in [0.717, 1.165) is 38.5 Å². The molecule has 2 aromatic rings. The molecule has 23 heavy (non-hydrogen) atoms. The molecule has 0 aliphatic carbocycles. The molecule has 0 saturated carbocycles. The number of hydrogen-bond donors (Lipinski definition) is 2. The third-order valence-corrected chi connectivity index (χ3v) is 3.82. The van der Waals surface area contributed by atoms with Crippen molar-refractivity contribution in [1.29, 1.82) is 0 Å². The molecular formula is C18H21N2O3+. The molecule has 0 unspecified atom stereocenters. The summed E-state index contributed by atoms with van der Waals surface area (Å²) in [6.45, 7) is 4.78. The monoisotopic (exact) mass is 313 g/mol. The number of anilines is 1. The highest BCUT2D eigenvalue weighted by atomic mass is 16.5. The third-order valence-electron chi connectivity index (χ3n) is 3.82. The summed E-state index contributed by atoms with van der Waals surface area (Å²) in [5.74, 6) is 0.483. The molecule has 1 amide bonds. The van der Waals surface area contributed by atoms with Crippen LogP contribution in [0, 0.1) is 0 Å². The Bertz CT molecular complexity index is 641. The van der Waals surface area contributed by atoms with Crippen LogP contribution in [-0.2, 0) is 16.1 Å². The number of rotatable bonds is 5. The number of carbonyl (C=O) groups excluding carboxylic acids is 1. The van der Waals surface area contributed by atoms with E-state index in [0.29, 0.717) is 5.76 Å². The van der Waals surface area contributed by atoms with Crippen LogP contribution in [0.5, 0.6) is 0 Å². The number of furan rings is 1. The smallest absolute Gasteiger partial charge is 0.248 e. The van der Waals surface area contributed by atoms with Crippen molar-refractivity contribution in [3.63, 3.8) is 0 Å². The fraction of sp³-hybridized carbons (Fsp3) is 0.278. The molecule has 1 aromatic carbocycles. The fourth-order valence-corrected chi connectivity index (χ4v) is 2.56. The summed E-state index contributed by atoms with van der Waals surface area (Å²) >= 11 is 0. The topological polar surface area (TPSA) is 55.9 Å². The lowest BCUT2D eigenvalue weighted by Crippen LogP contribution is -3.12. The maximum absolute atomic E-state index is 11.9. The predicted molar refractivity (Wildman–Crippen MR) is 88.0 cm³/mol. The molecule has 1 aromatic heterocycles. The molecule has 0 atom stereocenters. The second-order valence-corrected chi connectivity index (χ2v) is 5.57. The van der Waals surface area contributed by atoms with Gasteiger partial charge in [0.2, 0.25) is 5.91 Å². The number of hydrogen-bond acceptors (Lipinski definition) is 3. The Morgan fingerprint density at radius 2 is 1.96 bits per heavy atom. The Morgan fingerprint density at radius 3 is 2.65 bits per heavy atom. The summed E-state index contributed by atoms with van der Waals surface area (Å²) in [6.07, 6.45) is 4.68. The molecule has 2 heterocycles. The number of nitrogens with one attached hydrogen (secondary N) is 2. The van der Waals surface area contributed by atoms with Gasteiger partial charge in [-0.2, -0.15) is 0 Å². The number of benzene rings is 1. The maximum atomic E-state index is 11.9. The Labute approximate surface area is 135 Å². The Morgan fingerprint density at radius 1 is 1.17 bits per heavy atom. The van der Waals surface area contributed by atoms with E-state index in [9.17, 15) is 4.79 Å². The van der Waals surface area contributed by atoms with E-state index in [2.05, 4.69) is 17.4 Å². The highest BCUT2D eigenvalue weighted by Gasteiger charge is 2.13. The van der Waals surface area contributed by atoms with Crippen LogP contribution >= 0.6 is 0 Å². The quantitative estimate of drug-likeness (QED) is 0.819. The zero-order valence-corrected chi connectivity index (χ0v) is 13.0. The molecular weight excluding hydrogens is 292 g/mol. The number of carbonyl (C=O) groups is 1. The Balaban J connectivity index is 1.51. The van der Waals surface area contributed by atoms with Crippen LogP contribution in [0.1, 0.15) is 11.3 Å². The van der Waals surface area contributed by atoms with E-state index in [4.69, 9.17) is 9.15 Å². The average Bonchev–Trinajstić information content (AvgIpc) is 3.09. The number of amides is 1. The summed E-state index contributed by atoms with van der Waals surface area (Å²) in [5, 5.41) is 2.84. The first-order valence-corrected chi connectivity index (χ1v) is 7.82. The van der Waals surface area contributed by atoms with E-state index in [-0.39, 0.29) is 5.91 Å². The van der Waals surface area contributed by atoms with Crippen molar-refractivity contribution in [3.05, 3.63) is 60.1 Å². The lowest BCUT2D eigenvalue weighted by Gasteiger charge is -2.23. The molecule has 1 aliphatic heterocycles. The van der Waals surface area contributed by atoms with Crippen LogP contribution in [0.15, 0.2) is 53.2 Å². The van der Waals surface area contributed by atoms with E-state index in [1.807, 2.05) is 12.1 Å². The van der Waals surface area contributed by atoms with Crippen molar-refractivity contribution in [2.45, 2.75) is 6.54 Å². The highest BCUT2D eigenvalue weighted by molar-refractivity contribution is 6.01. The minimum atomic E-state index is -0.173. The van der Waals surface area contributed by atoms with Gasteiger partial charge in [-0.15, -0.1) is 0 Å². The van der Waals surface area contributed by atoms with Gasteiger partial charge in [-0.3, -0.25) is 4.79 Å². The van der Waals surface area contributed by atoms with Crippen LogP contribution in [0.2, 0.25) is 0 Å². The minimum absolute atomic E-state index is 0.173. The number of morpholine rings is 1. The number of ether oxygens (including phenoxy) is 1. The van der Waals surface area contributed by atoms with Gasteiger partial charge in [-0.1, -0.05) is 12.1 Å². The van der Waals surface area contributed by atoms with E-state index in [1.54, 1.807) is 24.5 Å². The molecule has 1 fully saturated rings. The average molecular weight is 313 g/mol. The molecule has 0 spiro atoms. The molecule has 1 aliphatic rings. The van der Waals surface area contributed by atoms with Crippen molar-refractivity contribution in [3.8, 4) is 0 Å². The van der Waals surface area contributed by atoms with Gasteiger partial charge in [-0.05, 0) is 30.3 Å². The van der Waals surface area contributed by atoms with Gasteiger partial charge in [0.1, 0.15) is 25.4 Å². The van der Waals surface area contributed by atoms with Gasteiger partial charge in [0.05, 0.1) is 19.5 Å². The lowest BCUT2D eigenvalue weighted by atomic mass is 10.2. The van der Waals surface area contributed by atoms with E-state index >= 15 is 0 Å². The van der Waals surface area contributed by atoms with Crippen LogP contribution in [0.25, 0.3) is 6.08 Å². The van der Waals surface area contributed by atoms with Crippen molar-refractivity contribution < 1.29 is 18.8 Å². The first-order chi connectivity index (χ1) is 11.3. The fourth-order valence-electron chi connectivity index (χ4n) is 2.56. The van der Waals surface area contributed by atoms with Crippen LogP contribution in [0.3, 0.4) is 0 Å². The maximum Gasteiger partial charge on any atom is 0.248 e. The largest absolute Gasteiger partial charge is 0.465 e. The summed E-state index contributed by atoms with van der Waals surface area (Å²) < 4.78 is 10.5. The molecule has 5 heteroatoms. The molecule has 3 rings (SSSR count). The first-order valence-electron chi connectivity index (χ1n) is 7.82. The standard InChI is InChI=1S/C18H20N2O3/c21-18(8-7-17-2-1-11-23-17)19-16-5-3-15(4-6-16)14-20-9-12-22-13-10-20/h1-8,11H,9-10,12-14H2,(H,19,21)/p+1/b8-7+. The normalized spacial score (nSPS) is 15.8. The van der Waals surface area contributed by atoms with Crippen molar-refractivity contribution >= 4 is 17.7 Å². The van der Waals surface area contributed by atoms with Crippen LogP contribution < -0.4 is 10.2 Å². The van der Waals surface area contributed by atoms with Gasteiger partial charge in [0.15, 0.2) is 0 Å². The van der Waals surface area contributed by atoms with Gasteiger partial charge in [0.25, 0.3) is 0 Å². The summed E-state index contributed by atoms with van der Waals surface area (Å²) in [4.78, 5) is 13.4. The Kier molecular flexibility index (Phi) is 5.24. The second-order valence-electron chi connectivity index (χ2n) is 5.57. The molecule has 5 nitrogen and oxygen atoms in total. The van der Waals surface area contributed by atoms with Gasteiger partial charge in [0, 0.05) is 17.3 Å². The van der Waals surface area contributed by atoms with Gasteiger partial charge < -0.3 is 19.4 Å². The SMILES string of the molecule is O=C(/C=C/c1ccco1)Nc1ccc(C[NH+]2CCOCC2)cc1. The summed E-state index contributed by atoms with van der Waals surface area (Å²) in [7, 11) is 0. The van der Waals surface area contributed by atoms with Crippen LogP contribution in [-0.4, -0.2) is 32.2 Å². The third kappa shape index (κ3) is 4.81. The predicted octanol–water partition coefficient (Wildman–Crippen LogP) is 1.35. The van der Waals surface area contributed by atoms with Crippen molar-refractivity contribution in [1.82, 2.24) is 0 Å². The molecule has 0 radical (unpaired) electrons. The minimum Gasteiger partial charge on any atom is -0.465 e. The zero-order chi connectivity index (χ0) is 15.9. The van der Waals surface area contributed by atoms with Crippen molar-refractivity contribution in [2.75, 3.05) is 31.6 Å². The van der Waals surface area contributed by atoms with E-state index in [1.165, 1.54) is 16.5 Å². The molecule has 2 N–H and O–H groups in total. The zero-order valence-electron chi connectivity index (χ0n) is 13.0. The second kappa shape index (κ2) is 7.76.